The Bertz CT molecular complexity index is 1030. The maximum Gasteiger partial charge on any atom is 0.214 e. The van der Waals surface area contributed by atoms with E-state index in [9.17, 15) is 0 Å². The zero-order chi connectivity index (χ0) is 17.8. The summed E-state index contributed by atoms with van der Waals surface area (Å²) in [4.78, 5) is 0. The normalized spacial score (nSPS) is 11.0. The standard InChI is InChI=1S/C19H15ClN4OS/c20-16-9-3-4-11-18(16)25-12-13-26-19-21-22-23-24(19)17-10-5-7-14-6-1-2-8-15(14)17/h1-11H,12-13H2. The van der Waals surface area contributed by atoms with Gasteiger partial charge in [0.2, 0.25) is 5.16 Å². The van der Waals surface area contributed by atoms with E-state index in [0.717, 1.165) is 21.6 Å². The molecule has 0 aliphatic carbocycles. The van der Waals surface area contributed by atoms with Gasteiger partial charge in [0.05, 0.1) is 17.3 Å². The van der Waals surface area contributed by atoms with Crippen molar-refractivity contribution in [1.82, 2.24) is 20.2 Å². The molecule has 0 spiro atoms. The van der Waals surface area contributed by atoms with Gasteiger partial charge in [-0.15, -0.1) is 5.10 Å². The monoisotopic (exact) mass is 382 g/mol. The van der Waals surface area contributed by atoms with Crippen LogP contribution >= 0.6 is 23.4 Å². The molecule has 130 valence electrons. The van der Waals surface area contributed by atoms with Gasteiger partial charge >= 0.3 is 0 Å². The first-order valence-electron chi connectivity index (χ1n) is 8.09. The molecule has 0 bridgehead atoms. The Labute approximate surface area is 159 Å². The summed E-state index contributed by atoms with van der Waals surface area (Å²) < 4.78 is 7.49. The number of ether oxygens (including phenoxy) is 1. The summed E-state index contributed by atoms with van der Waals surface area (Å²) in [6, 6.07) is 21.7. The minimum absolute atomic E-state index is 0.511. The van der Waals surface area contributed by atoms with Gasteiger partial charge < -0.3 is 4.74 Å². The number of para-hydroxylation sites is 1. The molecule has 0 aliphatic rings. The molecule has 0 fully saturated rings. The smallest absolute Gasteiger partial charge is 0.214 e. The van der Waals surface area contributed by atoms with Crippen LogP contribution in [-0.4, -0.2) is 32.6 Å². The highest BCUT2D eigenvalue weighted by molar-refractivity contribution is 7.99. The predicted molar refractivity (Wildman–Crippen MR) is 104 cm³/mol. The van der Waals surface area contributed by atoms with Crippen molar-refractivity contribution in [3.05, 3.63) is 71.8 Å². The largest absolute Gasteiger partial charge is 0.491 e. The molecule has 0 amide bonds. The fourth-order valence-electron chi connectivity index (χ4n) is 2.66. The minimum atomic E-state index is 0.511. The van der Waals surface area contributed by atoms with E-state index >= 15 is 0 Å². The molecule has 5 nitrogen and oxygen atoms in total. The van der Waals surface area contributed by atoms with Crippen LogP contribution in [0.15, 0.2) is 71.9 Å². The molecular formula is C19H15ClN4OS. The minimum Gasteiger partial charge on any atom is -0.491 e. The van der Waals surface area contributed by atoms with Gasteiger partial charge in [0, 0.05) is 11.1 Å². The molecule has 0 aliphatic heterocycles. The first-order valence-corrected chi connectivity index (χ1v) is 9.46. The summed E-state index contributed by atoms with van der Waals surface area (Å²) in [6.07, 6.45) is 0. The summed E-state index contributed by atoms with van der Waals surface area (Å²) in [7, 11) is 0. The molecular weight excluding hydrogens is 368 g/mol. The molecule has 0 radical (unpaired) electrons. The van der Waals surface area contributed by atoms with Gasteiger partial charge in [0.1, 0.15) is 5.75 Å². The Morgan fingerprint density at radius 3 is 2.69 bits per heavy atom. The number of tetrazole rings is 1. The number of hydrogen-bond donors (Lipinski definition) is 0. The fraction of sp³-hybridized carbons (Fsp3) is 0.105. The highest BCUT2D eigenvalue weighted by Crippen LogP contribution is 2.26. The quantitative estimate of drug-likeness (QED) is 0.359. The summed E-state index contributed by atoms with van der Waals surface area (Å²) in [6.45, 7) is 0.511. The van der Waals surface area contributed by atoms with Gasteiger partial charge in [-0.3, -0.25) is 0 Å². The molecule has 3 aromatic carbocycles. The second kappa shape index (κ2) is 7.76. The summed E-state index contributed by atoms with van der Waals surface area (Å²) in [5.41, 5.74) is 0.961. The van der Waals surface area contributed by atoms with Crippen LogP contribution in [0.2, 0.25) is 5.02 Å². The van der Waals surface area contributed by atoms with Crippen molar-refractivity contribution in [2.45, 2.75) is 5.16 Å². The topological polar surface area (TPSA) is 52.8 Å². The Hall–Kier alpha value is -2.57. The number of halogens is 1. The second-order valence-electron chi connectivity index (χ2n) is 5.50. The Morgan fingerprint density at radius 2 is 1.77 bits per heavy atom. The van der Waals surface area contributed by atoms with E-state index in [2.05, 4.69) is 33.7 Å². The summed E-state index contributed by atoms with van der Waals surface area (Å²) in [5, 5.41) is 15.7. The van der Waals surface area contributed by atoms with E-state index in [1.54, 1.807) is 16.4 Å². The molecule has 4 aromatic rings. The van der Waals surface area contributed by atoms with Crippen LogP contribution < -0.4 is 4.74 Å². The van der Waals surface area contributed by atoms with Crippen molar-refractivity contribution in [1.29, 1.82) is 0 Å². The molecule has 0 saturated heterocycles. The van der Waals surface area contributed by atoms with Gasteiger partial charge in [-0.1, -0.05) is 71.9 Å². The number of rotatable bonds is 6. The maximum atomic E-state index is 6.10. The molecule has 26 heavy (non-hydrogen) atoms. The SMILES string of the molecule is Clc1ccccc1OCCSc1nnnn1-c1cccc2ccccc12. The second-order valence-corrected chi connectivity index (χ2v) is 6.97. The number of hydrogen-bond acceptors (Lipinski definition) is 5. The van der Waals surface area contributed by atoms with Crippen molar-refractivity contribution in [2.24, 2.45) is 0 Å². The van der Waals surface area contributed by atoms with Crippen molar-refractivity contribution in [3.8, 4) is 11.4 Å². The fourth-order valence-corrected chi connectivity index (χ4v) is 3.55. The van der Waals surface area contributed by atoms with E-state index in [1.807, 2.05) is 48.5 Å². The van der Waals surface area contributed by atoms with Crippen molar-refractivity contribution in [2.75, 3.05) is 12.4 Å². The van der Waals surface area contributed by atoms with Crippen LogP contribution in [0, 0.1) is 0 Å². The first kappa shape index (κ1) is 16.9. The maximum absolute atomic E-state index is 6.10. The third-order valence-electron chi connectivity index (χ3n) is 3.84. The molecule has 0 N–H and O–H groups in total. The van der Waals surface area contributed by atoms with E-state index in [-0.39, 0.29) is 0 Å². The number of benzene rings is 3. The summed E-state index contributed by atoms with van der Waals surface area (Å²) in [5.74, 6) is 1.39. The zero-order valence-electron chi connectivity index (χ0n) is 13.7. The summed E-state index contributed by atoms with van der Waals surface area (Å²) >= 11 is 7.64. The van der Waals surface area contributed by atoms with Crippen molar-refractivity contribution < 1.29 is 4.74 Å². The molecule has 0 saturated carbocycles. The van der Waals surface area contributed by atoms with Crippen molar-refractivity contribution in [3.63, 3.8) is 0 Å². The molecule has 1 heterocycles. The zero-order valence-corrected chi connectivity index (χ0v) is 15.3. The van der Waals surface area contributed by atoms with Crippen LogP contribution in [0.3, 0.4) is 0 Å². The van der Waals surface area contributed by atoms with E-state index in [0.29, 0.717) is 23.1 Å². The van der Waals surface area contributed by atoms with Gasteiger partial charge in [-0.2, -0.15) is 4.68 Å². The van der Waals surface area contributed by atoms with E-state index in [4.69, 9.17) is 16.3 Å². The molecule has 4 rings (SSSR count). The van der Waals surface area contributed by atoms with Crippen LogP contribution in [0.4, 0.5) is 0 Å². The third-order valence-corrected chi connectivity index (χ3v) is 5.04. The Kier molecular flexibility index (Phi) is 5.04. The van der Waals surface area contributed by atoms with Crippen molar-refractivity contribution >= 4 is 34.1 Å². The lowest BCUT2D eigenvalue weighted by Gasteiger charge is -2.09. The van der Waals surface area contributed by atoms with Gasteiger partial charge in [0.15, 0.2) is 0 Å². The first-order chi connectivity index (χ1) is 12.8. The number of thioether (sulfide) groups is 1. The van der Waals surface area contributed by atoms with Crippen LogP contribution in [0.25, 0.3) is 16.5 Å². The third kappa shape index (κ3) is 3.52. The van der Waals surface area contributed by atoms with Crippen LogP contribution in [-0.2, 0) is 0 Å². The lowest BCUT2D eigenvalue weighted by molar-refractivity contribution is 0.344. The average molecular weight is 383 g/mol. The molecule has 7 heteroatoms. The lowest BCUT2D eigenvalue weighted by Crippen LogP contribution is -2.04. The highest BCUT2D eigenvalue weighted by Gasteiger charge is 2.11. The number of nitrogens with zero attached hydrogens (tertiary/aromatic N) is 4. The average Bonchev–Trinajstić information content (AvgIpc) is 3.14. The van der Waals surface area contributed by atoms with Crippen LogP contribution in [0.5, 0.6) is 5.75 Å². The number of fused-ring (bicyclic) bond motifs is 1. The molecule has 0 unspecified atom stereocenters. The number of aromatic nitrogens is 4. The Balaban J connectivity index is 1.48. The highest BCUT2D eigenvalue weighted by atomic mass is 35.5. The molecule has 1 aromatic heterocycles. The lowest BCUT2D eigenvalue weighted by atomic mass is 10.1. The van der Waals surface area contributed by atoms with Gasteiger partial charge in [-0.05, 0) is 34.0 Å². The van der Waals surface area contributed by atoms with E-state index in [1.165, 1.54) is 0 Å². The van der Waals surface area contributed by atoms with E-state index < -0.39 is 0 Å². The molecule has 0 atom stereocenters. The predicted octanol–water partition coefficient (Wildman–Crippen LogP) is 4.64. The van der Waals surface area contributed by atoms with Gasteiger partial charge in [-0.25, -0.2) is 0 Å². The Morgan fingerprint density at radius 1 is 0.962 bits per heavy atom. The van der Waals surface area contributed by atoms with Crippen LogP contribution in [0.1, 0.15) is 0 Å². The van der Waals surface area contributed by atoms with Gasteiger partial charge in [0.25, 0.3) is 0 Å².